The van der Waals surface area contributed by atoms with Gasteiger partial charge in [-0.25, -0.2) is 0 Å². The maximum atomic E-state index is 12.1. The Labute approximate surface area is 210 Å². The molecule has 0 aliphatic rings. The molecular weight excluding hydrogens is 440 g/mol. The predicted molar refractivity (Wildman–Crippen MR) is 144 cm³/mol. The van der Waals surface area contributed by atoms with E-state index in [2.05, 4.69) is 30.6 Å². The second-order valence-electron chi connectivity index (χ2n) is 9.14. The summed E-state index contributed by atoms with van der Waals surface area (Å²) in [5.41, 5.74) is 1.03. The minimum atomic E-state index is -3.63. The molecule has 0 saturated carbocycles. The SMILES string of the molecule is CCCCCCCCCCC#CC#CCCCCCCCCCOS(=O)(=O)c1ccc(C)cc1. The summed E-state index contributed by atoms with van der Waals surface area (Å²) >= 11 is 0. The van der Waals surface area contributed by atoms with Crippen molar-refractivity contribution in [3.8, 4) is 23.7 Å². The van der Waals surface area contributed by atoms with Crippen LogP contribution in [0, 0.1) is 30.6 Å². The molecule has 0 aliphatic carbocycles. The van der Waals surface area contributed by atoms with E-state index in [0.29, 0.717) is 0 Å². The molecule has 0 radical (unpaired) electrons. The molecule has 0 unspecified atom stereocenters. The largest absolute Gasteiger partial charge is 0.296 e. The lowest BCUT2D eigenvalue weighted by Crippen LogP contribution is -2.07. The Balaban J connectivity index is 1.89. The van der Waals surface area contributed by atoms with Gasteiger partial charge in [-0.15, -0.1) is 0 Å². The summed E-state index contributed by atoms with van der Waals surface area (Å²) in [4.78, 5) is 0.232. The molecular formula is C30H46O3S. The lowest BCUT2D eigenvalue weighted by atomic mass is 10.1. The molecule has 4 heteroatoms. The molecule has 0 heterocycles. The first-order valence-corrected chi connectivity index (χ1v) is 14.9. The van der Waals surface area contributed by atoms with E-state index in [1.165, 1.54) is 70.6 Å². The van der Waals surface area contributed by atoms with Gasteiger partial charge in [0, 0.05) is 12.8 Å². The summed E-state index contributed by atoms with van der Waals surface area (Å²) in [7, 11) is -3.63. The summed E-state index contributed by atoms with van der Waals surface area (Å²) in [5, 5.41) is 0. The molecule has 0 aromatic heterocycles. The first-order chi connectivity index (χ1) is 16.6. The van der Waals surface area contributed by atoms with Crippen molar-refractivity contribution in [1.29, 1.82) is 0 Å². The van der Waals surface area contributed by atoms with E-state index < -0.39 is 10.1 Å². The van der Waals surface area contributed by atoms with Gasteiger partial charge >= 0.3 is 0 Å². The molecule has 1 aromatic carbocycles. The topological polar surface area (TPSA) is 43.4 Å². The zero-order valence-corrected chi connectivity index (χ0v) is 22.5. The van der Waals surface area contributed by atoms with Crippen LogP contribution in [-0.2, 0) is 14.3 Å². The Morgan fingerprint density at radius 2 is 1.09 bits per heavy atom. The van der Waals surface area contributed by atoms with Crippen molar-refractivity contribution < 1.29 is 12.6 Å². The van der Waals surface area contributed by atoms with Crippen LogP contribution in [0.4, 0.5) is 0 Å². The van der Waals surface area contributed by atoms with Crippen molar-refractivity contribution >= 4 is 10.1 Å². The van der Waals surface area contributed by atoms with Crippen LogP contribution in [0.5, 0.6) is 0 Å². The third kappa shape index (κ3) is 16.8. The number of hydrogen-bond acceptors (Lipinski definition) is 3. The van der Waals surface area contributed by atoms with E-state index in [0.717, 1.165) is 44.1 Å². The summed E-state index contributed by atoms with van der Waals surface area (Å²) in [5.74, 6) is 12.3. The minimum Gasteiger partial charge on any atom is -0.266 e. The highest BCUT2D eigenvalue weighted by molar-refractivity contribution is 7.86. The lowest BCUT2D eigenvalue weighted by molar-refractivity contribution is 0.306. The molecule has 1 aromatic rings. The minimum absolute atomic E-state index is 0.232. The Kier molecular flexibility index (Phi) is 18.4. The molecule has 0 amide bonds. The number of aryl methyl sites for hydroxylation is 1. The monoisotopic (exact) mass is 486 g/mol. The van der Waals surface area contributed by atoms with Gasteiger partial charge in [0.1, 0.15) is 0 Å². The molecule has 34 heavy (non-hydrogen) atoms. The van der Waals surface area contributed by atoms with Gasteiger partial charge in [0.25, 0.3) is 10.1 Å². The number of rotatable bonds is 19. The zero-order valence-electron chi connectivity index (χ0n) is 21.7. The van der Waals surface area contributed by atoms with Gasteiger partial charge in [0.15, 0.2) is 0 Å². The second-order valence-corrected chi connectivity index (χ2v) is 10.8. The summed E-state index contributed by atoms with van der Waals surface area (Å²) in [6, 6.07) is 6.77. The summed E-state index contributed by atoms with van der Waals surface area (Å²) in [6.07, 6.45) is 20.2. The molecule has 0 N–H and O–H groups in total. The number of unbranched alkanes of at least 4 members (excludes halogenated alkanes) is 15. The van der Waals surface area contributed by atoms with E-state index in [-0.39, 0.29) is 11.5 Å². The first-order valence-electron chi connectivity index (χ1n) is 13.5. The highest BCUT2D eigenvalue weighted by Gasteiger charge is 2.14. The molecule has 3 nitrogen and oxygen atoms in total. The van der Waals surface area contributed by atoms with Crippen LogP contribution < -0.4 is 0 Å². The molecule has 0 aliphatic heterocycles. The quantitative estimate of drug-likeness (QED) is 0.112. The zero-order chi connectivity index (χ0) is 24.7. The Hall–Kier alpha value is -1.75. The van der Waals surface area contributed by atoms with Crippen LogP contribution >= 0.6 is 0 Å². The molecule has 190 valence electrons. The Morgan fingerprint density at radius 3 is 1.59 bits per heavy atom. The molecule has 1 rings (SSSR count). The highest BCUT2D eigenvalue weighted by atomic mass is 32.2. The van der Waals surface area contributed by atoms with Gasteiger partial charge in [-0.2, -0.15) is 8.42 Å². The molecule has 0 atom stereocenters. The van der Waals surface area contributed by atoms with Gasteiger partial charge in [-0.1, -0.05) is 114 Å². The van der Waals surface area contributed by atoms with Crippen LogP contribution in [-0.4, -0.2) is 15.0 Å². The number of benzene rings is 1. The standard InChI is InChI=1S/C30H46O3S/c1-3-4-5-6-7-8-9-10-11-12-13-14-15-16-17-18-19-20-21-22-23-28-33-34(31,32)30-26-24-29(2)25-27-30/h24-27H,3-11,16-23,28H2,1-2H3. The third-order valence-electron chi connectivity index (χ3n) is 5.89. The maximum Gasteiger partial charge on any atom is 0.296 e. The normalized spacial score (nSPS) is 10.9. The van der Waals surface area contributed by atoms with Gasteiger partial charge in [-0.05, 0) is 50.2 Å². The number of hydrogen-bond donors (Lipinski definition) is 0. The van der Waals surface area contributed by atoms with E-state index in [9.17, 15) is 8.42 Å². The van der Waals surface area contributed by atoms with Gasteiger partial charge in [0.2, 0.25) is 0 Å². The van der Waals surface area contributed by atoms with E-state index in [1.807, 2.05) is 6.92 Å². The van der Waals surface area contributed by atoms with Crippen molar-refractivity contribution in [2.45, 2.75) is 128 Å². The van der Waals surface area contributed by atoms with Crippen LogP contribution in [0.3, 0.4) is 0 Å². The van der Waals surface area contributed by atoms with Crippen LogP contribution in [0.1, 0.15) is 122 Å². The van der Waals surface area contributed by atoms with Crippen molar-refractivity contribution in [2.24, 2.45) is 0 Å². The smallest absolute Gasteiger partial charge is 0.266 e. The fourth-order valence-electron chi connectivity index (χ4n) is 3.70. The Morgan fingerprint density at radius 1 is 0.647 bits per heavy atom. The van der Waals surface area contributed by atoms with E-state index >= 15 is 0 Å². The van der Waals surface area contributed by atoms with Crippen molar-refractivity contribution in [3.63, 3.8) is 0 Å². The van der Waals surface area contributed by atoms with Crippen LogP contribution in [0.2, 0.25) is 0 Å². The second kappa shape index (κ2) is 20.6. The van der Waals surface area contributed by atoms with Crippen molar-refractivity contribution in [3.05, 3.63) is 29.8 Å². The van der Waals surface area contributed by atoms with Gasteiger partial charge < -0.3 is 0 Å². The van der Waals surface area contributed by atoms with Gasteiger partial charge in [-0.3, -0.25) is 4.18 Å². The van der Waals surface area contributed by atoms with Crippen LogP contribution in [0.25, 0.3) is 0 Å². The maximum absolute atomic E-state index is 12.1. The molecule has 0 spiro atoms. The first kappa shape index (κ1) is 30.3. The van der Waals surface area contributed by atoms with Crippen LogP contribution in [0.15, 0.2) is 29.2 Å². The van der Waals surface area contributed by atoms with Gasteiger partial charge in [0.05, 0.1) is 11.5 Å². The average Bonchev–Trinajstić information content (AvgIpc) is 2.82. The van der Waals surface area contributed by atoms with Crippen molar-refractivity contribution in [1.82, 2.24) is 0 Å². The third-order valence-corrected chi connectivity index (χ3v) is 7.22. The summed E-state index contributed by atoms with van der Waals surface area (Å²) < 4.78 is 29.4. The Bertz CT molecular complexity index is 848. The predicted octanol–water partition coefficient (Wildman–Crippen LogP) is 8.36. The molecule has 0 fully saturated rings. The lowest BCUT2D eigenvalue weighted by Gasteiger charge is -2.06. The van der Waals surface area contributed by atoms with E-state index in [1.54, 1.807) is 24.3 Å². The fraction of sp³-hybridized carbons (Fsp3) is 0.667. The fourth-order valence-corrected chi connectivity index (χ4v) is 4.64. The van der Waals surface area contributed by atoms with Crippen molar-refractivity contribution in [2.75, 3.05) is 6.61 Å². The highest BCUT2D eigenvalue weighted by Crippen LogP contribution is 2.15. The summed E-state index contributed by atoms with van der Waals surface area (Å²) in [6.45, 7) is 4.45. The average molecular weight is 487 g/mol. The molecule has 0 saturated heterocycles. The molecule has 0 bridgehead atoms. The van der Waals surface area contributed by atoms with E-state index in [4.69, 9.17) is 4.18 Å².